The molecule has 0 aliphatic rings. The van der Waals surface area contributed by atoms with Crippen LogP contribution in [0.3, 0.4) is 0 Å². The van der Waals surface area contributed by atoms with Gasteiger partial charge in [0.05, 0.1) is 0 Å². The average Bonchev–Trinajstić information content (AvgIpc) is 2.44. The maximum Gasteiger partial charge on any atom is 0.323 e. The third-order valence-electron chi connectivity index (χ3n) is 3.27. The maximum atomic E-state index is 12.0. The minimum absolute atomic E-state index is 0.257. The summed E-state index contributed by atoms with van der Waals surface area (Å²) in [6.07, 6.45) is 0. The summed E-state index contributed by atoms with van der Waals surface area (Å²) in [6.45, 7) is 4.46. The number of benzene rings is 2. The highest BCUT2D eigenvalue weighted by Crippen LogP contribution is 2.18. The Kier molecular flexibility index (Phi) is 4.38. The molecule has 0 unspecified atom stereocenters. The zero-order valence-corrected chi connectivity index (χ0v) is 11.7. The maximum absolute atomic E-state index is 12.0. The van der Waals surface area contributed by atoms with Gasteiger partial charge < -0.3 is 16.4 Å². The van der Waals surface area contributed by atoms with Gasteiger partial charge in [-0.3, -0.25) is 0 Å². The molecule has 20 heavy (non-hydrogen) atoms. The molecule has 2 aromatic rings. The van der Waals surface area contributed by atoms with Gasteiger partial charge in [-0.15, -0.1) is 0 Å². The molecule has 0 saturated carbocycles. The fraction of sp³-hybridized carbons (Fsp3) is 0.188. The van der Waals surface area contributed by atoms with Crippen molar-refractivity contribution >= 4 is 17.4 Å². The first-order chi connectivity index (χ1) is 9.60. The lowest BCUT2D eigenvalue weighted by molar-refractivity contribution is 0.262. The first kappa shape index (κ1) is 14.1. The van der Waals surface area contributed by atoms with E-state index in [9.17, 15) is 4.79 Å². The second kappa shape index (κ2) is 6.21. The van der Waals surface area contributed by atoms with E-state index in [2.05, 4.69) is 10.6 Å². The molecule has 4 N–H and O–H groups in total. The molecule has 2 aromatic carbocycles. The van der Waals surface area contributed by atoms with Crippen LogP contribution in [-0.2, 0) is 6.54 Å². The van der Waals surface area contributed by atoms with Gasteiger partial charge in [0.1, 0.15) is 0 Å². The Morgan fingerprint density at radius 3 is 2.60 bits per heavy atom. The molecule has 104 valence electrons. The third kappa shape index (κ3) is 3.36. The van der Waals surface area contributed by atoms with E-state index in [0.717, 1.165) is 28.1 Å². The van der Waals surface area contributed by atoms with Crippen LogP contribution in [0.15, 0.2) is 42.5 Å². The van der Waals surface area contributed by atoms with E-state index in [1.54, 1.807) is 0 Å². The first-order valence-electron chi connectivity index (χ1n) is 6.53. The first-order valence-corrected chi connectivity index (χ1v) is 6.53. The lowest BCUT2D eigenvalue weighted by Gasteiger charge is -2.11. The summed E-state index contributed by atoms with van der Waals surface area (Å²) >= 11 is 0. The number of carbonyl (C=O) groups is 1. The van der Waals surface area contributed by atoms with Crippen molar-refractivity contribution in [2.45, 2.75) is 20.4 Å². The summed E-state index contributed by atoms with van der Waals surface area (Å²) < 4.78 is 0. The number of anilines is 2. The van der Waals surface area contributed by atoms with Crippen molar-refractivity contribution in [3.8, 4) is 0 Å². The number of rotatable bonds is 3. The van der Waals surface area contributed by atoms with E-state index in [1.165, 1.54) is 0 Å². The molecule has 2 amide bonds. The van der Waals surface area contributed by atoms with Gasteiger partial charge in [-0.25, -0.2) is 4.79 Å². The van der Waals surface area contributed by atoms with Crippen LogP contribution in [0.2, 0.25) is 0 Å². The third-order valence-corrected chi connectivity index (χ3v) is 3.27. The van der Waals surface area contributed by atoms with E-state index in [-0.39, 0.29) is 6.03 Å². The molecule has 0 radical (unpaired) electrons. The zero-order valence-electron chi connectivity index (χ0n) is 11.7. The van der Waals surface area contributed by atoms with Gasteiger partial charge in [0.25, 0.3) is 0 Å². The monoisotopic (exact) mass is 269 g/mol. The van der Waals surface area contributed by atoms with Crippen molar-refractivity contribution in [1.29, 1.82) is 0 Å². The second-order valence-corrected chi connectivity index (χ2v) is 4.73. The second-order valence-electron chi connectivity index (χ2n) is 4.73. The largest absolute Gasteiger partial charge is 0.326 e. The van der Waals surface area contributed by atoms with Crippen LogP contribution in [0.1, 0.15) is 16.7 Å². The van der Waals surface area contributed by atoms with Crippen molar-refractivity contribution in [1.82, 2.24) is 0 Å². The van der Waals surface area contributed by atoms with Crippen LogP contribution in [0.4, 0.5) is 16.2 Å². The van der Waals surface area contributed by atoms with E-state index in [4.69, 9.17) is 5.73 Å². The quantitative estimate of drug-likeness (QED) is 0.799. The lowest BCUT2D eigenvalue weighted by atomic mass is 10.1. The van der Waals surface area contributed by atoms with E-state index >= 15 is 0 Å². The topological polar surface area (TPSA) is 67.2 Å². The van der Waals surface area contributed by atoms with Gasteiger partial charge in [-0.1, -0.05) is 24.3 Å². The number of urea groups is 1. The highest BCUT2D eigenvalue weighted by atomic mass is 16.2. The van der Waals surface area contributed by atoms with Gasteiger partial charge in [-0.05, 0) is 48.7 Å². The molecule has 0 saturated heterocycles. The number of aryl methyl sites for hydroxylation is 1. The molecule has 0 heterocycles. The standard InChI is InChI=1S/C16H19N3O/c1-11-5-3-8-15(12(11)2)19-16(20)18-14-7-4-6-13(9-14)10-17/h3-9H,10,17H2,1-2H3,(H2,18,19,20). The molecule has 4 heteroatoms. The Morgan fingerprint density at radius 1 is 1.10 bits per heavy atom. The molecule has 0 atom stereocenters. The summed E-state index contributed by atoms with van der Waals surface area (Å²) in [4.78, 5) is 12.0. The fourth-order valence-electron chi connectivity index (χ4n) is 1.95. The Labute approximate surface area is 119 Å². The van der Waals surface area contributed by atoms with Crippen molar-refractivity contribution in [2.75, 3.05) is 10.6 Å². The Hall–Kier alpha value is -2.33. The lowest BCUT2D eigenvalue weighted by Crippen LogP contribution is -2.20. The number of nitrogens with one attached hydrogen (secondary N) is 2. The normalized spacial score (nSPS) is 10.2. The predicted octanol–water partition coefficient (Wildman–Crippen LogP) is 3.41. The molecule has 0 spiro atoms. The molecule has 0 bridgehead atoms. The van der Waals surface area contributed by atoms with Crippen molar-refractivity contribution < 1.29 is 4.79 Å². The van der Waals surface area contributed by atoms with E-state index in [1.807, 2.05) is 56.3 Å². The van der Waals surface area contributed by atoms with Gasteiger partial charge in [-0.2, -0.15) is 0 Å². The summed E-state index contributed by atoms with van der Waals surface area (Å²) in [7, 11) is 0. The smallest absolute Gasteiger partial charge is 0.323 e. The molecule has 0 aliphatic heterocycles. The minimum Gasteiger partial charge on any atom is -0.326 e. The number of hydrogen-bond acceptors (Lipinski definition) is 2. The fourth-order valence-corrected chi connectivity index (χ4v) is 1.95. The highest BCUT2D eigenvalue weighted by Gasteiger charge is 2.06. The van der Waals surface area contributed by atoms with Crippen LogP contribution in [0, 0.1) is 13.8 Å². The van der Waals surface area contributed by atoms with Crippen LogP contribution in [0.25, 0.3) is 0 Å². The van der Waals surface area contributed by atoms with Crippen LogP contribution >= 0.6 is 0 Å². The van der Waals surface area contributed by atoms with E-state index in [0.29, 0.717) is 6.54 Å². The molecule has 4 nitrogen and oxygen atoms in total. The average molecular weight is 269 g/mol. The minimum atomic E-state index is -0.257. The van der Waals surface area contributed by atoms with Gasteiger partial charge in [0.15, 0.2) is 0 Å². The van der Waals surface area contributed by atoms with Gasteiger partial charge >= 0.3 is 6.03 Å². The predicted molar refractivity (Wildman–Crippen MR) is 82.9 cm³/mol. The summed E-state index contributed by atoms with van der Waals surface area (Å²) in [5.41, 5.74) is 10.3. The molecule has 0 aliphatic carbocycles. The van der Waals surface area contributed by atoms with Crippen LogP contribution in [0.5, 0.6) is 0 Å². The van der Waals surface area contributed by atoms with E-state index < -0.39 is 0 Å². The molecular weight excluding hydrogens is 250 g/mol. The summed E-state index contributed by atoms with van der Waals surface area (Å²) in [6, 6.07) is 13.1. The van der Waals surface area contributed by atoms with Crippen molar-refractivity contribution in [3.63, 3.8) is 0 Å². The Balaban J connectivity index is 2.07. The number of hydrogen-bond donors (Lipinski definition) is 3. The Bertz CT molecular complexity index is 623. The number of amides is 2. The Morgan fingerprint density at radius 2 is 1.85 bits per heavy atom. The SMILES string of the molecule is Cc1cccc(NC(=O)Nc2cccc(CN)c2)c1C. The number of carbonyl (C=O) groups excluding carboxylic acids is 1. The molecular formula is C16H19N3O. The van der Waals surface area contributed by atoms with Gasteiger partial charge in [0, 0.05) is 17.9 Å². The highest BCUT2D eigenvalue weighted by molar-refractivity contribution is 6.00. The summed E-state index contributed by atoms with van der Waals surface area (Å²) in [5, 5.41) is 5.66. The van der Waals surface area contributed by atoms with Gasteiger partial charge in [0.2, 0.25) is 0 Å². The van der Waals surface area contributed by atoms with Crippen LogP contribution in [-0.4, -0.2) is 6.03 Å². The van der Waals surface area contributed by atoms with Crippen molar-refractivity contribution in [2.24, 2.45) is 5.73 Å². The van der Waals surface area contributed by atoms with Crippen LogP contribution < -0.4 is 16.4 Å². The zero-order chi connectivity index (χ0) is 14.5. The molecule has 0 fully saturated rings. The molecule has 2 rings (SSSR count). The number of nitrogens with two attached hydrogens (primary N) is 1. The molecule has 0 aromatic heterocycles. The van der Waals surface area contributed by atoms with Crippen molar-refractivity contribution in [3.05, 3.63) is 59.2 Å². The summed E-state index contributed by atoms with van der Waals surface area (Å²) in [5.74, 6) is 0.